The van der Waals surface area contributed by atoms with Gasteiger partial charge in [0, 0.05) is 0 Å². The molecule has 15 heavy (non-hydrogen) atoms. The molecule has 0 N–H and O–H groups in total. The van der Waals surface area contributed by atoms with Crippen LogP contribution in [0.5, 0.6) is 0 Å². The molecule has 1 fully saturated rings. The molecular formula is C12H21BO2. The maximum absolute atomic E-state index is 5.89. The molecule has 0 radical (unpaired) electrons. The Labute approximate surface area is 93.5 Å². The van der Waals surface area contributed by atoms with E-state index in [1.165, 1.54) is 0 Å². The molecule has 2 nitrogen and oxygen atoms in total. The second kappa shape index (κ2) is 4.17. The van der Waals surface area contributed by atoms with Gasteiger partial charge in [-0.3, -0.25) is 0 Å². The van der Waals surface area contributed by atoms with Crippen LogP contribution in [0.1, 0.15) is 34.6 Å². The van der Waals surface area contributed by atoms with Gasteiger partial charge in [0.1, 0.15) is 0 Å². The van der Waals surface area contributed by atoms with Gasteiger partial charge in [-0.05, 0) is 46.0 Å². The molecule has 1 aliphatic heterocycles. The van der Waals surface area contributed by atoms with Crippen LogP contribution in [0.3, 0.4) is 0 Å². The van der Waals surface area contributed by atoms with Crippen LogP contribution >= 0.6 is 0 Å². The molecule has 84 valence electrons. The second-order valence-electron chi connectivity index (χ2n) is 5.27. The van der Waals surface area contributed by atoms with Gasteiger partial charge < -0.3 is 9.31 Å². The van der Waals surface area contributed by atoms with Crippen molar-refractivity contribution in [3.8, 4) is 0 Å². The fourth-order valence-corrected chi connectivity index (χ4v) is 1.63. The van der Waals surface area contributed by atoms with Gasteiger partial charge in [0.2, 0.25) is 0 Å². The third kappa shape index (κ3) is 2.75. The maximum Gasteiger partial charge on any atom is 0.458 e. The molecule has 3 heteroatoms. The SMILES string of the molecule is C=C=CC(C)CB1OC(C)(C)C(C)(C)O1. The van der Waals surface area contributed by atoms with Crippen LogP contribution in [0.2, 0.25) is 6.32 Å². The Hall–Kier alpha value is -0.495. The van der Waals surface area contributed by atoms with Crippen LogP contribution in [0.25, 0.3) is 0 Å². The molecular weight excluding hydrogens is 187 g/mol. The van der Waals surface area contributed by atoms with Crippen LogP contribution in [0, 0.1) is 5.92 Å². The van der Waals surface area contributed by atoms with Crippen LogP contribution in [-0.2, 0) is 9.31 Å². The molecule has 1 heterocycles. The van der Waals surface area contributed by atoms with Crippen LogP contribution in [0.4, 0.5) is 0 Å². The average molecular weight is 208 g/mol. The van der Waals surface area contributed by atoms with Crippen molar-refractivity contribution in [2.45, 2.75) is 52.1 Å². The Bertz CT molecular complexity index is 261. The van der Waals surface area contributed by atoms with Crippen molar-refractivity contribution in [3.63, 3.8) is 0 Å². The van der Waals surface area contributed by atoms with E-state index in [0.29, 0.717) is 5.92 Å². The Morgan fingerprint density at radius 1 is 1.27 bits per heavy atom. The Balaban J connectivity index is 2.60. The summed E-state index contributed by atoms with van der Waals surface area (Å²) in [6.07, 6.45) is 2.81. The standard InChI is InChI=1S/C12H21BO2/c1-7-8-10(2)9-13-14-11(3,4)12(5,6)15-13/h8,10H,1,9H2,2-6H3. The molecule has 1 aliphatic rings. The van der Waals surface area contributed by atoms with Gasteiger partial charge in [0.05, 0.1) is 11.2 Å². The first kappa shape index (κ1) is 12.6. The lowest BCUT2D eigenvalue weighted by atomic mass is 9.78. The van der Waals surface area contributed by atoms with E-state index in [4.69, 9.17) is 9.31 Å². The summed E-state index contributed by atoms with van der Waals surface area (Å²) in [7, 11) is -0.116. The highest BCUT2D eigenvalue weighted by molar-refractivity contribution is 6.45. The minimum atomic E-state index is -0.227. The lowest BCUT2D eigenvalue weighted by Crippen LogP contribution is -2.41. The molecule has 1 atom stereocenters. The van der Waals surface area contributed by atoms with Gasteiger partial charge in [-0.15, -0.1) is 5.73 Å². The fraction of sp³-hybridized carbons (Fsp3) is 0.750. The lowest BCUT2D eigenvalue weighted by Gasteiger charge is -2.32. The van der Waals surface area contributed by atoms with Crippen LogP contribution in [0.15, 0.2) is 18.4 Å². The molecule has 0 aromatic heterocycles. The molecule has 0 saturated carbocycles. The lowest BCUT2D eigenvalue weighted by molar-refractivity contribution is 0.00578. The Kier molecular flexibility index (Phi) is 3.50. The third-order valence-electron chi connectivity index (χ3n) is 3.27. The van der Waals surface area contributed by atoms with Gasteiger partial charge >= 0.3 is 7.12 Å². The zero-order chi connectivity index (χ0) is 11.7. The summed E-state index contributed by atoms with van der Waals surface area (Å²) in [6.45, 7) is 14.0. The molecule has 0 spiro atoms. The number of hydrogen-bond donors (Lipinski definition) is 0. The van der Waals surface area contributed by atoms with Crippen molar-refractivity contribution >= 4 is 7.12 Å². The third-order valence-corrected chi connectivity index (χ3v) is 3.27. The van der Waals surface area contributed by atoms with E-state index in [0.717, 1.165) is 6.32 Å². The Morgan fingerprint density at radius 2 is 1.73 bits per heavy atom. The van der Waals surface area contributed by atoms with Gasteiger partial charge in [0.25, 0.3) is 0 Å². The summed E-state index contributed by atoms with van der Waals surface area (Å²) in [4.78, 5) is 0. The predicted octanol–water partition coefficient (Wildman–Crippen LogP) is 3.06. The highest BCUT2D eigenvalue weighted by Gasteiger charge is 2.50. The normalized spacial score (nSPS) is 24.7. The number of rotatable bonds is 3. The summed E-state index contributed by atoms with van der Waals surface area (Å²) in [5.41, 5.74) is 2.34. The molecule has 0 bridgehead atoms. The summed E-state index contributed by atoms with van der Waals surface area (Å²) >= 11 is 0. The van der Waals surface area contributed by atoms with Crippen molar-refractivity contribution in [1.82, 2.24) is 0 Å². The minimum Gasteiger partial charge on any atom is -0.403 e. The number of allylic oxidation sites excluding steroid dienone is 1. The molecule has 1 saturated heterocycles. The quantitative estimate of drug-likeness (QED) is 0.524. The average Bonchev–Trinajstić information content (AvgIpc) is 2.19. The first-order valence-electron chi connectivity index (χ1n) is 5.50. The van der Waals surface area contributed by atoms with Gasteiger partial charge in [-0.1, -0.05) is 13.5 Å². The molecule has 0 amide bonds. The molecule has 0 aromatic rings. The zero-order valence-electron chi connectivity index (χ0n) is 10.5. The summed E-state index contributed by atoms with van der Waals surface area (Å²) in [5, 5.41) is 0. The van der Waals surface area contributed by atoms with Gasteiger partial charge in [0.15, 0.2) is 0 Å². The van der Waals surface area contributed by atoms with Crippen molar-refractivity contribution in [2.24, 2.45) is 5.92 Å². The smallest absolute Gasteiger partial charge is 0.403 e. The number of hydrogen-bond acceptors (Lipinski definition) is 2. The highest BCUT2D eigenvalue weighted by Crippen LogP contribution is 2.38. The van der Waals surface area contributed by atoms with Crippen LogP contribution < -0.4 is 0 Å². The summed E-state index contributed by atoms with van der Waals surface area (Å²) < 4.78 is 11.8. The molecule has 0 aromatic carbocycles. The van der Waals surface area contributed by atoms with Crippen molar-refractivity contribution in [3.05, 3.63) is 18.4 Å². The first-order chi connectivity index (χ1) is 6.78. The zero-order valence-corrected chi connectivity index (χ0v) is 10.5. The first-order valence-corrected chi connectivity index (χ1v) is 5.50. The predicted molar refractivity (Wildman–Crippen MR) is 63.8 cm³/mol. The van der Waals surface area contributed by atoms with E-state index >= 15 is 0 Å². The highest BCUT2D eigenvalue weighted by atomic mass is 16.7. The van der Waals surface area contributed by atoms with E-state index in [1.807, 2.05) is 6.08 Å². The van der Waals surface area contributed by atoms with E-state index in [9.17, 15) is 0 Å². The monoisotopic (exact) mass is 208 g/mol. The summed E-state index contributed by atoms with van der Waals surface area (Å²) in [6, 6.07) is 0. The maximum atomic E-state index is 5.89. The molecule has 1 rings (SSSR count). The van der Waals surface area contributed by atoms with Crippen LogP contribution in [-0.4, -0.2) is 18.3 Å². The summed E-state index contributed by atoms with van der Waals surface area (Å²) in [5.74, 6) is 0.386. The largest absolute Gasteiger partial charge is 0.458 e. The van der Waals surface area contributed by atoms with Crippen molar-refractivity contribution < 1.29 is 9.31 Å². The van der Waals surface area contributed by atoms with E-state index in [2.05, 4.69) is 46.9 Å². The Morgan fingerprint density at radius 3 is 2.13 bits per heavy atom. The topological polar surface area (TPSA) is 18.5 Å². The minimum absolute atomic E-state index is 0.116. The van der Waals surface area contributed by atoms with E-state index < -0.39 is 0 Å². The van der Waals surface area contributed by atoms with E-state index in [-0.39, 0.29) is 18.3 Å². The molecule has 1 unspecified atom stereocenters. The fourth-order valence-electron chi connectivity index (χ4n) is 1.63. The second-order valence-corrected chi connectivity index (χ2v) is 5.27. The molecule has 0 aliphatic carbocycles. The van der Waals surface area contributed by atoms with Crippen molar-refractivity contribution in [1.29, 1.82) is 0 Å². The van der Waals surface area contributed by atoms with Gasteiger partial charge in [-0.2, -0.15) is 0 Å². The van der Waals surface area contributed by atoms with Gasteiger partial charge in [-0.25, -0.2) is 0 Å². The van der Waals surface area contributed by atoms with E-state index in [1.54, 1.807) is 0 Å². The van der Waals surface area contributed by atoms with Crippen molar-refractivity contribution in [2.75, 3.05) is 0 Å².